The van der Waals surface area contributed by atoms with E-state index in [0.717, 1.165) is 0 Å². The maximum atomic E-state index is 10.9. The number of allylic oxidation sites excluding steroid dienone is 1. The van der Waals surface area contributed by atoms with Crippen molar-refractivity contribution in [1.29, 1.82) is 0 Å². The van der Waals surface area contributed by atoms with Crippen molar-refractivity contribution in [3.8, 4) is 0 Å². The molecule has 0 amide bonds. The molecule has 0 aliphatic heterocycles. The van der Waals surface area contributed by atoms with Crippen molar-refractivity contribution in [2.75, 3.05) is 0 Å². The van der Waals surface area contributed by atoms with Crippen LogP contribution in [-0.4, -0.2) is 6.18 Å². The van der Waals surface area contributed by atoms with Crippen LogP contribution < -0.4 is 0 Å². The minimum absolute atomic E-state index is 0. The van der Waals surface area contributed by atoms with E-state index in [-0.39, 0.29) is 26.2 Å². The SMILES string of the molecule is C=C(Cl)C(F)(F)F.[Zr]. The van der Waals surface area contributed by atoms with E-state index >= 15 is 0 Å². The molecule has 0 aromatic rings. The Hall–Kier alpha value is 0.703. The van der Waals surface area contributed by atoms with Gasteiger partial charge in [0.15, 0.2) is 0 Å². The average Bonchev–Trinajstić information content (AvgIpc) is 1.31. The molecule has 0 atom stereocenters. The van der Waals surface area contributed by atoms with Crippen molar-refractivity contribution in [2.45, 2.75) is 6.18 Å². The molecule has 0 unspecified atom stereocenters. The first-order valence-corrected chi connectivity index (χ1v) is 1.74. The van der Waals surface area contributed by atoms with Crippen molar-refractivity contribution in [2.24, 2.45) is 0 Å². The van der Waals surface area contributed by atoms with Crippen LogP contribution in [0.3, 0.4) is 0 Å². The molecule has 0 saturated heterocycles. The Balaban J connectivity index is 0. The Labute approximate surface area is 68.8 Å². The molecule has 0 spiro atoms. The summed E-state index contributed by atoms with van der Waals surface area (Å²) in [6, 6.07) is 0. The van der Waals surface area contributed by atoms with Crippen LogP contribution in [0.2, 0.25) is 0 Å². The van der Waals surface area contributed by atoms with Gasteiger partial charge in [-0.1, -0.05) is 18.2 Å². The summed E-state index contributed by atoms with van der Waals surface area (Å²) in [4.78, 5) is 0. The summed E-state index contributed by atoms with van der Waals surface area (Å²) in [6.07, 6.45) is -4.43. The molecule has 0 saturated carbocycles. The molecule has 0 N–H and O–H groups in total. The first-order valence-electron chi connectivity index (χ1n) is 1.36. The molecule has 0 aromatic heterocycles. The second kappa shape index (κ2) is 3.68. The molecule has 0 rings (SSSR count). The molecule has 0 heterocycles. The third kappa shape index (κ3) is 4.85. The summed E-state index contributed by atoms with van der Waals surface area (Å²) in [6.45, 7) is 2.47. The van der Waals surface area contributed by atoms with Crippen LogP contribution in [0.1, 0.15) is 0 Å². The summed E-state index contributed by atoms with van der Waals surface area (Å²) >= 11 is 4.43. The van der Waals surface area contributed by atoms with Gasteiger partial charge in [-0.15, -0.1) is 0 Å². The van der Waals surface area contributed by atoms with E-state index in [9.17, 15) is 13.2 Å². The van der Waals surface area contributed by atoms with Gasteiger partial charge in [0.05, 0.1) is 0 Å². The van der Waals surface area contributed by atoms with Crippen LogP contribution in [0.15, 0.2) is 11.6 Å². The number of alkyl halides is 3. The third-order valence-electron chi connectivity index (χ3n) is 0.308. The zero-order chi connectivity index (χ0) is 6.08. The summed E-state index contributed by atoms with van der Waals surface area (Å²) in [5, 5.41) is -1.28. The maximum absolute atomic E-state index is 10.9. The fourth-order valence-electron chi connectivity index (χ4n) is 0. The van der Waals surface area contributed by atoms with Crippen molar-refractivity contribution >= 4 is 11.6 Å². The van der Waals surface area contributed by atoms with Gasteiger partial charge in [0.25, 0.3) is 0 Å². The van der Waals surface area contributed by atoms with Crippen molar-refractivity contribution < 1.29 is 39.4 Å². The predicted octanol–water partition coefficient (Wildman–Crippen LogP) is 2.30. The average molecular weight is 222 g/mol. The van der Waals surface area contributed by atoms with Crippen molar-refractivity contribution in [3.05, 3.63) is 11.6 Å². The van der Waals surface area contributed by atoms with Crippen LogP contribution in [0.4, 0.5) is 13.2 Å². The molecule has 5 heteroatoms. The Morgan fingerprint density at radius 1 is 1.38 bits per heavy atom. The van der Waals surface area contributed by atoms with Gasteiger partial charge in [0, 0.05) is 26.2 Å². The molecule has 0 nitrogen and oxygen atoms in total. The van der Waals surface area contributed by atoms with E-state index in [1.165, 1.54) is 0 Å². The minimum atomic E-state index is -4.43. The third-order valence-corrected chi connectivity index (χ3v) is 0.522. The zero-order valence-corrected chi connectivity index (χ0v) is 6.93. The molecular weight excluding hydrogens is 220 g/mol. The standard InChI is InChI=1S/C3H2ClF3.Zr/c1-2(4)3(5,6)7;/h1H2;. The smallest absolute Gasteiger partial charge is 0.165 e. The zero-order valence-electron chi connectivity index (χ0n) is 3.72. The Kier molecular flexibility index (Phi) is 5.28. The molecule has 0 aromatic carbocycles. The van der Waals surface area contributed by atoms with Gasteiger partial charge in [-0.25, -0.2) is 0 Å². The first-order chi connectivity index (χ1) is 2.94. The van der Waals surface area contributed by atoms with Gasteiger partial charge in [0.2, 0.25) is 0 Å². The summed E-state index contributed by atoms with van der Waals surface area (Å²) in [5.41, 5.74) is 0. The van der Waals surface area contributed by atoms with Crippen LogP contribution in [0.5, 0.6) is 0 Å². The van der Waals surface area contributed by atoms with Gasteiger partial charge in [0.1, 0.15) is 5.03 Å². The molecule has 46 valence electrons. The van der Waals surface area contributed by atoms with E-state index < -0.39 is 11.2 Å². The van der Waals surface area contributed by atoms with Gasteiger partial charge in [-0.3, -0.25) is 0 Å². The molecule has 0 bridgehead atoms. The monoisotopic (exact) mass is 220 g/mol. The Morgan fingerprint density at radius 3 is 1.50 bits per heavy atom. The maximum Gasteiger partial charge on any atom is 0.426 e. The van der Waals surface area contributed by atoms with Crippen molar-refractivity contribution in [1.82, 2.24) is 0 Å². The number of halogens is 4. The van der Waals surface area contributed by atoms with Crippen LogP contribution >= 0.6 is 11.6 Å². The fraction of sp³-hybridized carbons (Fsp3) is 0.333. The molecule has 0 aliphatic carbocycles. The van der Waals surface area contributed by atoms with Gasteiger partial charge in [-0.05, 0) is 0 Å². The van der Waals surface area contributed by atoms with E-state index in [0.29, 0.717) is 0 Å². The Morgan fingerprint density at radius 2 is 1.50 bits per heavy atom. The van der Waals surface area contributed by atoms with Gasteiger partial charge >= 0.3 is 6.18 Å². The molecule has 0 radical (unpaired) electrons. The normalized spacial score (nSPS) is 10.0. The molecule has 0 aliphatic rings. The summed E-state index contributed by atoms with van der Waals surface area (Å²) in [5.74, 6) is 0. The van der Waals surface area contributed by atoms with E-state index in [1.807, 2.05) is 0 Å². The number of rotatable bonds is 0. The van der Waals surface area contributed by atoms with Crippen LogP contribution in [0.25, 0.3) is 0 Å². The first kappa shape index (κ1) is 11.5. The van der Waals surface area contributed by atoms with Gasteiger partial charge < -0.3 is 0 Å². The topological polar surface area (TPSA) is 0 Å². The number of hydrogen-bond acceptors (Lipinski definition) is 0. The molecular formula is C3H2ClF3Zr. The molecule has 0 fully saturated rings. The van der Waals surface area contributed by atoms with E-state index in [1.54, 1.807) is 0 Å². The Bertz CT molecular complexity index is 87.0. The minimum Gasteiger partial charge on any atom is -0.165 e. The van der Waals surface area contributed by atoms with Crippen LogP contribution in [0, 0.1) is 0 Å². The van der Waals surface area contributed by atoms with Gasteiger partial charge in [-0.2, -0.15) is 13.2 Å². The summed E-state index contributed by atoms with van der Waals surface area (Å²) < 4.78 is 32.8. The van der Waals surface area contributed by atoms with E-state index in [2.05, 4.69) is 18.2 Å². The second-order valence-electron chi connectivity index (χ2n) is 0.903. The second-order valence-corrected chi connectivity index (χ2v) is 1.36. The van der Waals surface area contributed by atoms with Crippen LogP contribution in [-0.2, 0) is 26.2 Å². The quantitative estimate of drug-likeness (QED) is 0.589. The predicted molar refractivity (Wildman–Crippen MR) is 21.0 cm³/mol. The summed E-state index contributed by atoms with van der Waals surface area (Å²) in [7, 11) is 0. The van der Waals surface area contributed by atoms with Crippen molar-refractivity contribution in [3.63, 3.8) is 0 Å². The molecule has 8 heavy (non-hydrogen) atoms. The fourth-order valence-corrected chi connectivity index (χ4v) is 0. The number of hydrogen-bond donors (Lipinski definition) is 0. The van der Waals surface area contributed by atoms with E-state index in [4.69, 9.17) is 0 Å². The largest absolute Gasteiger partial charge is 0.426 e.